The number of amides is 1. The van der Waals surface area contributed by atoms with Gasteiger partial charge in [-0.15, -0.1) is 0 Å². The van der Waals surface area contributed by atoms with Crippen molar-refractivity contribution in [2.75, 3.05) is 32.9 Å². The summed E-state index contributed by atoms with van der Waals surface area (Å²) < 4.78 is 11.7. The Morgan fingerprint density at radius 3 is 3.27 bits per heavy atom. The van der Waals surface area contributed by atoms with Crippen molar-refractivity contribution in [1.82, 2.24) is 9.88 Å². The summed E-state index contributed by atoms with van der Waals surface area (Å²) >= 11 is 0. The fraction of sp³-hybridized carbons (Fsp3) is 0.647. The topological polar surface area (TPSA) is 51.7 Å². The highest BCUT2D eigenvalue weighted by Gasteiger charge is 2.47. The van der Waals surface area contributed by atoms with Gasteiger partial charge in [-0.25, -0.2) is 0 Å². The molecule has 0 radical (unpaired) electrons. The number of pyridine rings is 1. The number of fused-ring (bicyclic) bond motifs is 1. The van der Waals surface area contributed by atoms with Gasteiger partial charge in [-0.1, -0.05) is 0 Å². The Labute approximate surface area is 131 Å². The molecular weight excluding hydrogens is 280 g/mol. The molecule has 2 atom stereocenters. The maximum absolute atomic E-state index is 12.7. The number of nitrogens with zero attached hydrogens (tertiary/aromatic N) is 2. The SMILES string of the molecule is CCOC[C@@]12CCCO[C@@H]1CCN(C(=O)c1cccnc1)C2. The maximum atomic E-state index is 12.7. The molecule has 1 aromatic rings. The van der Waals surface area contributed by atoms with Gasteiger partial charge >= 0.3 is 0 Å². The van der Waals surface area contributed by atoms with Crippen LogP contribution in [0.5, 0.6) is 0 Å². The number of hydrogen-bond donors (Lipinski definition) is 0. The minimum Gasteiger partial charge on any atom is -0.381 e. The highest BCUT2D eigenvalue weighted by molar-refractivity contribution is 5.94. The van der Waals surface area contributed by atoms with Crippen molar-refractivity contribution in [1.29, 1.82) is 0 Å². The summed E-state index contributed by atoms with van der Waals surface area (Å²) in [7, 11) is 0. The lowest BCUT2D eigenvalue weighted by Gasteiger charge is -2.50. The summed E-state index contributed by atoms with van der Waals surface area (Å²) in [5.74, 6) is 0.0630. The summed E-state index contributed by atoms with van der Waals surface area (Å²) in [4.78, 5) is 18.7. The summed E-state index contributed by atoms with van der Waals surface area (Å²) in [6, 6.07) is 3.63. The van der Waals surface area contributed by atoms with Crippen LogP contribution in [0.2, 0.25) is 0 Å². The Hall–Kier alpha value is -1.46. The molecule has 120 valence electrons. The van der Waals surface area contributed by atoms with Gasteiger partial charge in [0.05, 0.1) is 18.3 Å². The van der Waals surface area contributed by atoms with Gasteiger partial charge in [-0.05, 0) is 38.3 Å². The molecule has 0 bridgehead atoms. The van der Waals surface area contributed by atoms with Crippen LogP contribution in [-0.2, 0) is 9.47 Å². The average molecular weight is 304 g/mol. The minimum atomic E-state index is -0.0512. The first kappa shape index (κ1) is 15.4. The Kier molecular flexibility index (Phi) is 4.74. The molecule has 2 fully saturated rings. The van der Waals surface area contributed by atoms with Crippen LogP contribution in [0.15, 0.2) is 24.5 Å². The van der Waals surface area contributed by atoms with Crippen molar-refractivity contribution in [2.45, 2.75) is 32.3 Å². The van der Waals surface area contributed by atoms with Gasteiger partial charge in [0, 0.05) is 44.1 Å². The summed E-state index contributed by atoms with van der Waals surface area (Å²) in [5, 5.41) is 0. The molecule has 1 aromatic heterocycles. The van der Waals surface area contributed by atoms with Crippen LogP contribution in [0.4, 0.5) is 0 Å². The Balaban J connectivity index is 1.76. The number of likely N-dealkylation sites (tertiary alicyclic amines) is 1. The van der Waals surface area contributed by atoms with E-state index >= 15 is 0 Å². The number of aromatic nitrogens is 1. The highest BCUT2D eigenvalue weighted by atomic mass is 16.5. The predicted octanol–water partition coefficient (Wildman–Crippen LogP) is 2.13. The van der Waals surface area contributed by atoms with E-state index in [1.807, 2.05) is 17.9 Å². The number of carbonyl (C=O) groups excluding carboxylic acids is 1. The van der Waals surface area contributed by atoms with Crippen LogP contribution >= 0.6 is 0 Å². The molecule has 3 rings (SSSR count). The van der Waals surface area contributed by atoms with Crippen LogP contribution < -0.4 is 0 Å². The molecule has 1 amide bonds. The summed E-state index contributed by atoms with van der Waals surface area (Å²) in [6.07, 6.45) is 6.53. The van der Waals surface area contributed by atoms with E-state index in [2.05, 4.69) is 4.98 Å². The van der Waals surface area contributed by atoms with Crippen molar-refractivity contribution >= 4 is 5.91 Å². The maximum Gasteiger partial charge on any atom is 0.255 e. The number of piperidine rings is 1. The molecule has 0 N–H and O–H groups in total. The largest absolute Gasteiger partial charge is 0.381 e. The molecule has 0 saturated carbocycles. The van der Waals surface area contributed by atoms with Crippen LogP contribution in [-0.4, -0.2) is 54.8 Å². The zero-order valence-corrected chi connectivity index (χ0v) is 13.2. The monoisotopic (exact) mass is 304 g/mol. The first-order valence-corrected chi connectivity index (χ1v) is 8.14. The third-order valence-corrected chi connectivity index (χ3v) is 4.78. The molecule has 2 aliphatic heterocycles. The second-order valence-corrected chi connectivity index (χ2v) is 6.22. The molecule has 5 nitrogen and oxygen atoms in total. The van der Waals surface area contributed by atoms with Crippen LogP contribution in [0.1, 0.15) is 36.5 Å². The Morgan fingerprint density at radius 2 is 2.50 bits per heavy atom. The molecule has 2 saturated heterocycles. The Bertz CT molecular complexity index is 508. The van der Waals surface area contributed by atoms with Crippen molar-refractivity contribution < 1.29 is 14.3 Å². The summed E-state index contributed by atoms with van der Waals surface area (Å²) in [5.41, 5.74) is 0.605. The van der Waals surface area contributed by atoms with E-state index in [1.54, 1.807) is 18.5 Å². The fourth-order valence-electron chi connectivity index (χ4n) is 3.65. The summed E-state index contributed by atoms with van der Waals surface area (Å²) in [6.45, 7) is 5.67. The predicted molar refractivity (Wildman–Crippen MR) is 82.7 cm³/mol. The van der Waals surface area contributed by atoms with E-state index in [1.165, 1.54) is 0 Å². The molecule has 3 heterocycles. The molecule has 0 aromatic carbocycles. The van der Waals surface area contributed by atoms with Crippen molar-refractivity contribution in [3.05, 3.63) is 30.1 Å². The standard InChI is InChI=1S/C17H24N2O3/c1-2-21-13-17-7-4-10-22-15(17)6-9-19(12-17)16(20)14-5-3-8-18-11-14/h3,5,8,11,15H,2,4,6-7,9-10,12-13H2,1H3/t15-,17+/m1/s1. The lowest BCUT2D eigenvalue weighted by Crippen LogP contribution is -2.58. The number of ether oxygens (including phenoxy) is 2. The van der Waals surface area contributed by atoms with Gasteiger partial charge in [0.2, 0.25) is 0 Å². The van der Waals surface area contributed by atoms with Gasteiger partial charge in [0.25, 0.3) is 5.91 Å². The van der Waals surface area contributed by atoms with E-state index in [9.17, 15) is 4.79 Å². The van der Waals surface area contributed by atoms with E-state index in [0.717, 1.165) is 32.4 Å². The third-order valence-electron chi connectivity index (χ3n) is 4.78. The van der Waals surface area contributed by atoms with E-state index in [0.29, 0.717) is 25.3 Å². The van der Waals surface area contributed by atoms with Gasteiger partial charge in [0.1, 0.15) is 0 Å². The highest BCUT2D eigenvalue weighted by Crippen LogP contribution is 2.40. The van der Waals surface area contributed by atoms with Gasteiger partial charge in [-0.2, -0.15) is 0 Å². The first-order valence-electron chi connectivity index (χ1n) is 8.14. The average Bonchev–Trinajstić information content (AvgIpc) is 2.59. The van der Waals surface area contributed by atoms with Crippen LogP contribution in [0.25, 0.3) is 0 Å². The molecule has 2 aliphatic rings. The van der Waals surface area contributed by atoms with Gasteiger partial charge < -0.3 is 14.4 Å². The fourth-order valence-corrected chi connectivity index (χ4v) is 3.65. The van der Waals surface area contributed by atoms with Crippen molar-refractivity contribution in [3.8, 4) is 0 Å². The van der Waals surface area contributed by atoms with Gasteiger partial charge in [-0.3, -0.25) is 9.78 Å². The molecule has 22 heavy (non-hydrogen) atoms. The molecule has 0 spiro atoms. The lowest BCUT2D eigenvalue weighted by molar-refractivity contribution is -0.146. The minimum absolute atomic E-state index is 0.0512. The number of hydrogen-bond acceptors (Lipinski definition) is 4. The number of rotatable bonds is 4. The Morgan fingerprint density at radius 1 is 1.59 bits per heavy atom. The number of carbonyl (C=O) groups is 1. The molecular formula is C17H24N2O3. The molecule has 0 unspecified atom stereocenters. The van der Waals surface area contributed by atoms with Crippen LogP contribution in [0.3, 0.4) is 0 Å². The lowest BCUT2D eigenvalue weighted by atomic mass is 9.73. The zero-order chi connectivity index (χ0) is 15.4. The second kappa shape index (κ2) is 6.75. The third kappa shape index (κ3) is 3.01. The second-order valence-electron chi connectivity index (χ2n) is 6.22. The molecule has 5 heteroatoms. The smallest absolute Gasteiger partial charge is 0.255 e. The molecule has 0 aliphatic carbocycles. The van der Waals surface area contributed by atoms with E-state index in [-0.39, 0.29) is 17.4 Å². The quantitative estimate of drug-likeness (QED) is 0.855. The zero-order valence-electron chi connectivity index (χ0n) is 13.2. The normalized spacial score (nSPS) is 28.2. The van der Waals surface area contributed by atoms with Gasteiger partial charge in [0.15, 0.2) is 0 Å². The van der Waals surface area contributed by atoms with E-state index in [4.69, 9.17) is 9.47 Å². The van der Waals surface area contributed by atoms with Crippen molar-refractivity contribution in [2.24, 2.45) is 5.41 Å². The van der Waals surface area contributed by atoms with Crippen LogP contribution in [0, 0.1) is 5.41 Å². The van der Waals surface area contributed by atoms with Crippen molar-refractivity contribution in [3.63, 3.8) is 0 Å². The first-order chi connectivity index (χ1) is 10.7. The van der Waals surface area contributed by atoms with E-state index < -0.39 is 0 Å².